The van der Waals surface area contributed by atoms with Crippen LogP contribution >= 0.6 is 0 Å². The number of aliphatic hydroxyl groups is 1. The molecular formula is C38H46N4O6S. The van der Waals surface area contributed by atoms with Gasteiger partial charge in [-0.05, 0) is 72.2 Å². The number of carbonyl (C=O) groups excluding carboxylic acids is 2. The molecule has 2 amide bonds. The molecule has 0 aliphatic carbocycles. The van der Waals surface area contributed by atoms with Crippen LogP contribution in [-0.2, 0) is 26.0 Å². The van der Waals surface area contributed by atoms with Gasteiger partial charge in [-0.3, -0.25) is 4.79 Å². The van der Waals surface area contributed by atoms with Gasteiger partial charge in [0.1, 0.15) is 0 Å². The molecule has 4 aromatic carbocycles. The summed E-state index contributed by atoms with van der Waals surface area (Å²) in [5.74, 6) is -1.02. The molecule has 0 saturated heterocycles. The molecule has 0 fully saturated rings. The lowest BCUT2D eigenvalue weighted by Crippen LogP contribution is -2.50. The molecule has 0 saturated carbocycles. The van der Waals surface area contributed by atoms with E-state index < -0.39 is 46.6 Å². The van der Waals surface area contributed by atoms with E-state index in [1.165, 1.54) is 35.7 Å². The van der Waals surface area contributed by atoms with Gasteiger partial charge in [-0.1, -0.05) is 92.7 Å². The van der Waals surface area contributed by atoms with Crippen LogP contribution < -0.4 is 16.4 Å². The van der Waals surface area contributed by atoms with E-state index >= 15 is 0 Å². The number of nitrogens with zero attached hydrogens (tertiary/aromatic N) is 2. The van der Waals surface area contributed by atoms with Crippen molar-refractivity contribution in [2.75, 3.05) is 30.9 Å². The van der Waals surface area contributed by atoms with E-state index in [1.807, 2.05) is 74.5 Å². The van der Waals surface area contributed by atoms with Gasteiger partial charge in [0.25, 0.3) is 5.91 Å². The third-order valence-corrected chi connectivity index (χ3v) is 10.5. The highest BCUT2D eigenvalue weighted by Gasteiger charge is 2.37. The van der Waals surface area contributed by atoms with Crippen LogP contribution in [0.1, 0.15) is 49.3 Å². The number of aryl methyl sites for hydroxylation is 1. The molecule has 260 valence electrons. The van der Waals surface area contributed by atoms with E-state index in [0.717, 1.165) is 16.0 Å². The second kappa shape index (κ2) is 17.2. The second-order valence-electron chi connectivity index (χ2n) is 12.3. The number of hydrogen-bond acceptors (Lipinski definition) is 8. The number of nitrogen functional groups attached to an aromatic ring is 1. The van der Waals surface area contributed by atoms with Crippen molar-refractivity contribution in [3.63, 3.8) is 0 Å². The smallest absolute Gasteiger partial charge is 0.420 e. The van der Waals surface area contributed by atoms with Crippen LogP contribution in [0.25, 0.3) is 0 Å². The third-order valence-electron chi connectivity index (χ3n) is 8.55. The highest BCUT2D eigenvalue weighted by atomic mass is 32.2. The Balaban J connectivity index is 1.68. The Kier molecular flexibility index (Phi) is 13.1. The minimum Gasteiger partial charge on any atom is -0.452 e. The number of nitrogens with two attached hydrogens (primary N) is 2. The number of benzene rings is 4. The lowest BCUT2D eigenvalue weighted by molar-refractivity contribution is -0.119. The lowest BCUT2D eigenvalue weighted by Gasteiger charge is -2.31. The average molecular weight is 687 g/mol. The quantitative estimate of drug-likeness (QED) is 0.137. The Bertz CT molecular complexity index is 1730. The summed E-state index contributed by atoms with van der Waals surface area (Å²) in [6.07, 6.45) is 0.101. The fourth-order valence-corrected chi connectivity index (χ4v) is 7.53. The van der Waals surface area contributed by atoms with Crippen molar-refractivity contribution in [2.45, 2.75) is 56.0 Å². The molecule has 0 heterocycles. The Labute approximate surface area is 289 Å². The predicted molar refractivity (Wildman–Crippen MR) is 192 cm³/mol. The molecule has 0 bridgehead atoms. The Morgan fingerprint density at radius 3 is 1.90 bits per heavy atom. The van der Waals surface area contributed by atoms with Crippen LogP contribution in [0.5, 0.6) is 0 Å². The molecule has 11 heteroatoms. The largest absolute Gasteiger partial charge is 0.452 e. The normalized spacial score (nSPS) is 13.0. The summed E-state index contributed by atoms with van der Waals surface area (Å²) in [4.78, 5) is 28.7. The first-order valence-corrected chi connectivity index (χ1v) is 17.8. The summed E-state index contributed by atoms with van der Waals surface area (Å²) in [6, 6.07) is 29.6. The van der Waals surface area contributed by atoms with Gasteiger partial charge in [0, 0.05) is 24.2 Å². The number of rotatable bonds is 15. The molecule has 2 atom stereocenters. The van der Waals surface area contributed by atoms with Crippen molar-refractivity contribution in [2.24, 2.45) is 11.7 Å². The number of hydrogen-bond donors (Lipinski definition) is 3. The standard InChI is InChI=1S/C38H46N4O6S/c1-27(2)24-25-41(49(46,47)33-22-19-31(39)20-23-33)32(26-43)21-18-28-12-10-11-17-34(28)42(38(45)48-3)37(44)36(40)35(29-13-6-4-7-14-29)30-15-8-5-9-16-30/h4-17,19-20,22-23,27,32,35-36,43H,18,21,24-26,39-40H2,1-3H3/t32-,36-/m0/s1. The molecule has 10 nitrogen and oxygen atoms in total. The minimum atomic E-state index is -4.00. The van der Waals surface area contributed by atoms with E-state index in [0.29, 0.717) is 17.7 Å². The zero-order valence-corrected chi connectivity index (χ0v) is 29.0. The summed E-state index contributed by atoms with van der Waals surface area (Å²) >= 11 is 0. The SMILES string of the molecule is COC(=O)N(C(=O)[C@@H](N)C(c1ccccc1)c1ccccc1)c1ccccc1CC[C@@H](CO)N(CCC(C)C)S(=O)(=O)c1ccc(N)cc1. The molecule has 4 aromatic rings. The van der Waals surface area contributed by atoms with E-state index in [1.54, 1.807) is 24.3 Å². The van der Waals surface area contributed by atoms with Gasteiger partial charge in [0.2, 0.25) is 10.0 Å². The number of sulfonamides is 1. The molecule has 0 unspecified atom stereocenters. The van der Waals surface area contributed by atoms with Gasteiger partial charge in [-0.25, -0.2) is 18.1 Å². The number of amides is 2. The summed E-state index contributed by atoms with van der Waals surface area (Å²) in [6.45, 7) is 3.76. The van der Waals surface area contributed by atoms with Gasteiger partial charge in [-0.2, -0.15) is 4.31 Å². The van der Waals surface area contributed by atoms with Crippen molar-refractivity contribution in [3.05, 3.63) is 126 Å². The van der Waals surface area contributed by atoms with Crippen molar-refractivity contribution in [1.82, 2.24) is 4.31 Å². The molecule has 49 heavy (non-hydrogen) atoms. The van der Waals surface area contributed by atoms with Gasteiger partial charge in [-0.15, -0.1) is 0 Å². The molecule has 0 radical (unpaired) electrons. The zero-order chi connectivity index (χ0) is 35.6. The van der Waals surface area contributed by atoms with E-state index in [-0.39, 0.29) is 35.9 Å². The Morgan fingerprint density at radius 1 is 0.816 bits per heavy atom. The molecule has 0 spiro atoms. The van der Waals surface area contributed by atoms with Crippen molar-refractivity contribution in [1.29, 1.82) is 0 Å². The van der Waals surface area contributed by atoms with Gasteiger partial charge in [0.15, 0.2) is 0 Å². The van der Waals surface area contributed by atoms with Crippen LogP contribution in [0.3, 0.4) is 0 Å². The van der Waals surface area contributed by atoms with Crippen molar-refractivity contribution >= 4 is 33.4 Å². The maximum absolute atomic E-state index is 14.3. The van der Waals surface area contributed by atoms with Gasteiger partial charge in [0.05, 0.1) is 30.3 Å². The van der Waals surface area contributed by atoms with E-state index in [9.17, 15) is 23.1 Å². The maximum atomic E-state index is 14.3. The van der Waals surface area contributed by atoms with Crippen LogP contribution in [0.4, 0.5) is 16.2 Å². The molecule has 5 N–H and O–H groups in total. The fourth-order valence-electron chi connectivity index (χ4n) is 5.87. The first kappa shape index (κ1) is 37.3. The molecule has 0 aliphatic rings. The highest BCUT2D eigenvalue weighted by molar-refractivity contribution is 7.89. The first-order chi connectivity index (χ1) is 23.5. The number of aliphatic hydroxyl groups excluding tert-OH is 1. The van der Waals surface area contributed by atoms with Crippen molar-refractivity contribution < 1.29 is 27.9 Å². The maximum Gasteiger partial charge on any atom is 0.420 e. The topological polar surface area (TPSA) is 156 Å². The number of anilines is 2. The minimum absolute atomic E-state index is 0.0761. The number of methoxy groups -OCH3 is 1. The fraction of sp³-hybridized carbons (Fsp3) is 0.316. The number of imide groups is 1. The van der Waals surface area contributed by atoms with E-state index in [2.05, 4.69) is 0 Å². The van der Waals surface area contributed by atoms with Crippen LogP contribution in [0.15, 0.2) is 114 Å². The molecule has 0 aromatic heterocycles. The average Bonchev–Trinajstić information content (AvgIpc) is 3.11. The Morgan fingerprint density at radius 2 is 1.37 bits per heavy atom. The van der Waals surface area contributed by atoms with Crippen LogP contribution in [-0.4, -0.2) is 62.2 Å². The summed E-state index contributed by atoms with van der Waals surface area (Å²) in [7, 11) is -2.80. The monoisotopic (exact) mass is 686 g/mol. The summed E-state index contributed by atoms with van der Waals surface area (Å²) in [5, 5.41) is 10.6. The van der Waals surface area contributed by atoms with E-state index in [4.69, 9.17) is 16.2 Å². The van der Waals surface area contributed by atoms with Crippen LogP contribution in [0.2, 0.25) is 0 Å². The molecular weight excluding hydrogens is 641 g/mol. The van der Waals surface area contributed by atoms with Gasteiger partial charge < -0.3 is 21.3 Å². The van der Waals surface area contributed by atoms with Crippen LogP contribution in [0, 0.1) is 5.92 Å². The number of para-hydroxylation sites is 1. The third kappa shape index (κ3) is 9.12. The Hall–Kier alpha value is -4.55. The predicted octanol–water partition coefficient (Wildman–Crippen LogP) is 5.56. The second-order valence-corrected chi connectivity index (χ2v) is 14.2. The number of carbonyl (C=O) groups is 2. The first-order valence-electron chi connectivity index (χ1n) is 16.3. The van der Waals surface area contributed by atoms with Gasteiger partial charge >= 0.3 is 6.09 Å². The lowest BCUT2D eigenvalue weighted by atomic mass is 9.84. The molecule has 0 aliphatic heterocycles. The highest BCUT2D eigenvalue weighted by Crippen LogP contribution is 2.32. The molecule has 4 rings (SSSR count). The number of ether oxygens (including phenoxy) is 1. The summed E-state index contributed by atoms with van der Waals surface area (Å²) < 4.78 is 34.2. The van der Waals surface area contributed by atoms with Crippen molar-refractivity contribution in [3.8, 4) is 0 Å². The summed E-state index contributed by atoms with van der Waals surface area (Å²) in [5.41, 5.74) is 15.5. The zero-order valence-electron chi connectivity index (χ0n) is 28.2.